The first kappa shape index (κ1) is 25.7. The smallest absolute Gasteiger partial charge is 0.329 e. The van der Waals surface area contributed by atoms with Crippen LogP contribution in [0.3, 0.4) is 0 Å². The largest absolute Gasteiger partial charge is 0.453 e. The van der Waals surface area contributed by atoms with Crippen LogP contribution in [0.4, 0.5) is 4.39 Å². The van der Waals surface area contributed by atoms with Gasteiger partial charge in [0.05, 0.1) is 13.0 Å². The Labute approximate surface area is 205 Å². The minimum absolute atomic E-state index is 0.149. The molecular weight excluding hydrogens is 487 g/mol. The molecule has 0 saturated carbocycles. The number of hydrogen-bond acceptors (Lipinski definition) is 9. The van der Waals surface area contributed by atoms with Gasteiger partial charge in [-0.2, -0.15) is 12.6 Å². The van der Waals surface area contributed by atoms with E-state index in [4.69, 9.17) is 4.74 Å². The van der Waals surface area contributed by atoms with Crippen molar-refractivity contribution in [2.75, 3.05) is 11.5 Å². The normalized spacial score (nSPS) is 27.2. The van der Waals surface area contributed by atoms with Crippen molar-refractivity contribution in [2.24, 2.45) is 10.9 Å². The van der Waals surface area contributed by atoms with E-state index in [1.165, 1.54) is 29.2 Å². The molecular formula is C21H27FN4O4S3. The summed E-state index contributed by atoms with van der Waals surface area (Å²) in [7, 11) is 0. The van der Waals surface area contributed by atoms with Crippen molar-refractivity contribution in [3.8, 4) is 0 Å². The number of nitrogens with zero attached hydrogens (tertiary/aromatic N) is 2. The van der Waals surface area contributed by atoms with E-state index in [-0.39, 0.29) is 12.5 Å². The van der Waals surface area contributed by atoms with Crippen molar-refractivity contribution in [2.45, 2.75) is 57.8 Å². The number of thiazole rings is 1. The summed E-state index contributed by atoms with van der Waals surface area (Å²) in [6.07, 6.45) is -0.234. The Bertz CT molecular complexity index is 980. The van der Waals surface area contributed by atoms with Crippen molar-refractivity contribution in [3.63, 3.8) is 0 Å². The molecule has 33 heavy (non-hydrogen) atoms. The monoisotopic (exact) mass is 514 g/mol. The molecule has 1 aromatic rings. The molecule has 0 fully saturated rings. The summed E-state index contributed by atoms with van der Waals surface area (Å²) < 4.78 is 20.2. The first-order valence-corrected chi connectivity index (χ1v) is 13.0. The number of fused-ring (bicyclic) bond motifs is 4. The first-order valence-electron chi connectivity index (χ1n) is 10.5. The number of hydrogen-bond donors (Lipinski definition) is 3. The molecule has 2 aliphatic heterocycles. The fraction of sp³-hybridized carbons (Fsp3) is 0.571. The average molecular weight is 515 g/mol. The standard InChI is InChI=1S/C21H27FN4O4S3/c1-11(2)17-19(28)30-14(12(22)5-4-6-31)7-15(27)23-8-16-24-13(9-32-16)18-26-21(3,10-33-18)20(29)25-17/h5,9,11,14,17,31H,4,6-8,10H2,1-3H3,(H,23,27)(H,25,29)/b12-5-/t14-,17-,21-/m0/s1. The van der Waals surface area contributed by atoms with Crippen molar-refractivity contribution in [1.29, 1.82) is 0 Å². The summed E-state index contributed by atoms with van der Waals surface area (Å²) in [6.45, 7) is 5.34. The maximum Gasteiger partial charge on any atom is 0.329 e. The number of aromatic nitrogens is 1. The molecule has 0 aliphatic carbocycles. The van der Waals surface area contributed by atoms with Crippen LogP contribution in [-0.4, -0.2) is 57.0 Å². The van der Waals surface area contributed by atoms with Gasteiger partial charge in [0.2, 0.25) is 11.8 Å². The van der Waals surface area contributed by atoms with Crippen LogP contribution in [0.25, 0.3) is 0 Å². The minimum Gasteiger partial charge on any atom is -0.453 e. The van der Waals surface area contributed by atoms with E-state index >= 15 is 0 Å². The fourth-order valence-corrected chi connectivity index (χ4v) is 5.24. The van der Waals surface area contributed by atoms with Crippen LogP contribution in [0.1, 0.15) is 44.3 Å². The topological polar surface area (TPSA) is 110 Å². The van der Waals surface area contributed by atoms with Crippen LogP contribution >= 0.6 is 35.7 Å². The molecule has 0 radical (unpaired) electrons. The van der Waals surface area contributed by atoms with Gasteiger partial charge in [-0.1, -0.05) is 13.8 Å². The average Bonchev–Trinajstić information content (AvgIpc) is 3.40. The van der Waals surface area contributed by atoms with Gasteiger partial charge in [0.15, 0.2) is 6.10 Å². The van der Waals surface area contributed by atoms with Crippen LogP contribution in [0.2, 0.25) is 0 Å². The summed E-state index contributed by atoms with van der Waals surface area (Å²) in [5.74, 6) is -2.00. The lowest BCUT2D eigenvalue weighted by molar-refractivity contribution is -0.154. The van der Waals surface area contributed by atoms with Gasteiger partial charge in [0, 0.05) is 11.1 Å². The second kappa shape index (κ2) is 11.0. The summed E-state index contributed by atoms with van der Waals surface area (Å²) >= 11 is 6.82. The molecule has 1 aromatic heterocycles. The SMILES string of the molecule is CC(C)[C@@H]1NC(=O)[C@]2(C)CSC(=N2)c2csc(n2)CNC(=O)C[C@@H](/C(F)=C/CCS)OC1=O. The van der Waals surface area contributed by atoms with Gasteiger partial charge < -0.3 is 15.4 Å². The van der Waals surface area contributed by atoms with E-state index in [1.54, 1.807) is 20.8 Å². The van der Waals surface area contributed by atoms with Gasteiger partial charge in [-0.05, 0) is 31.1 Å². The van der Waals surface area contributed by atoms with Crippen molar-refractivity contribution in [3.05, 3.63) is 28.0 Å². The predicted octanol–water partition coefficient (Wildman–Crippen LogP) is 2.64. The Hall–Kier alpha value is -1.92. The Balaban J connectivity index is 1.95. The molecule has 0 aromatic carbocycles. The number of carbonyl (C=O) groups is 3. The molecule has 0 unspecified atom stereocenters. The minimum atomic E-state index is -1.41. The molecule has 8 nitrogen and oxygen atoms in total. The molecule has 2 amide bonds. The number of carbonyl (C=O) groups excluding carboxylic acids is 3. The van der Waals surface area contributed by atoms with Crippen LogP contribution in [0, 0.1) is 5.92 Å². The van der Waals surface area contributed by atoms with E-state index in [1.807, 2.05) is 5.38 Å². The Morgan fingerprint density at radius 2 is 2.18 bits per heavy atom. The molecule has 2 N–H and O–H groups in total. The number of thioether (sulfide) groups is 1. The second-order valence-electron chi connectivity index (χ2n) is 8.31. The quantitative estimate of drug-likeness (QED) is 0.421. The highest BCUT2D eigenvalue weighted by molar-refractivity contribution is 8.14. The molecule has 4 bridgehead atoms. The number of allylic oxidation sites excluding steroid dienone is 1. The molecule has 180 valence electrons. The number of cyclic esters (lactones) is 1. The molecule has 2 aliphatic rings. The summed E-state index contributed by atoms with van der Waals surface area (Å²) in [4.78, 5) is 47.6. The first-order chi connectivity index (χ1) is 15.6. The zero-order valence-electron chi connectivity index (χ0n) is 18.6. The number of rotatable bonds is 4. The molecule has 3 rings (SSSR count). The zero-order valence-corrected chi connectivity index (χ0v) is 21.1. The number of thiol groups is 1. The number of nitrogens with one attached hydrogen (secondary N) is 2. The third-order valence-electron chi connectivity index (χ3n) is 5.15. The summed E-state index contributed by atoms with van der Waals surface area (Å²) in [5.41, 5.74) is -0.448. The third-order valence-corrected chi connectivity index (χ3v) is 7.53. The van der Waals surface area contributed by atoms with E-state index < -0.39 is 47.7 Å². The number of aliphatic imine (C=N–C) groups is 1. The van der Waals surface area contributed by atoms with E-state index in [0.29, 0.717) is 33.7 Å². The van der Waals surface area contributed by atoms with Crippen LogP contribution in [-0.2, 0) is 25.7 Å². The molecule has 0 saturated heterocycles. The van der Waals surface area contributed by atoms with Crippen molar-refractivity contribution >= 4 is 58.6 Å². The Morgan fingerprint density at radius 3 is 2.88 bits per heavy atom. The van der Waals surface area contributed by atoms with Gasteiger partial charge in [-0.25, -0.2) is 14.2 Å². The Kier molecular flexibility index (Phi) is 8.57. The van der Waals surface area contributed by atoms with Gasteiger partial charge in [-0.15, -0.1) is 23.1 Å². The highest BCUT2D eigenvalue weighted by atomic mass is 32.2. The van der Waals surface area contributed by atoms with Gasteiger partial charge >= 0.3 is 5.97 Å². The van der Waals surface area contributed by atoms with Gasteiger partial charge in [0.25, 0.3) is 0 Å². The third kappa shape index (κ3) is 6.36. The Morgan fingerprint density at radius 1 is 1.42 bits per heavy atom. The lowest BCUT2D eigenvalue weighted by atomic mass is 10.0. The molecule has 0 spiro atoms. The maximum atomic E-state index is 14.8. The molecule has 12 heteroatoms. The second-order valence-corrected chi connectivity index (χ2v) is 10.7. The van der Waals surface area contributed by atoms with E-state index in [0.717, 1.165) is 0 Å². The predicted molar refractivity (Wildman–Crippen MR) is 130 cm³/mol. The van der Waals surface area contributed by atoms with Gasteiger partial charge in [-0.3, -0.25) is 14.6 Å². The van der Waals surface area contributed by atoms with Crippen molar-refractivity contribution in [1.82, 2.24) is 15.6 Å². The highest BCUT2D eigenvalue weighted by Crippen LogP contribution is 2.32. The maximum absolute atomic E-state index is 14.8. The lowest BCUT2D eigenvalue weighted by Gasteiger charge is -2.27. The van der Waals surface area contributed by atoms with E-state index in [9.17, 15) is 18.8 Å². The number of ether oxygens (including phenoxy) is 1. The van der Waals surface area contributed by atoms with E-state index in [2.05, 4.69) is 33.2 Å². The van der Waals surface area contributed by atoms with Crippen LogP contribution < -0.4 is 10.6 Å². The number of esters is 1. The summed E-state index contributed by atoms with van der Waals surface area (Å²) in [5, 5.41) is 8.52. The molecule has 3 heterocycles. The highest BCUT2D eigenvalue weighted by Gasteiger charge is 2.42. The van der Waals surface area contributed by atoms with Crippen LogP contribution in [0.5, 0.6) is 0 Å². The zero-order chi connectivity index (χ0) is 24.2. The van der Waals surface area contributed by atoms with Crippen molar-refractivity contribution < 1.29 is 23.5 Å². The van der Waals surface area contributed by atoms with Crippen LogP contribution in [0.15, 0.2) is 22.3 Å². The summed E-state index contributed by atoms with van der Waals surface area (Å²) in [6, 6.07) is -1.03. The number of halogens is 1. The number of amides is 2. The lowest BCUT2D eigenvalue weighted by Crippen LogP contribution is -2.53. The fourth-order valence-electron chi connectivity index (χ4n) is 3.19. The van der Waals surface area contributed by atoms with Gasteiger partial charge in [0.1, 0.15) is 33.2 Å². The molecule has 3 atom stereocenters.